The van der Waals surface area contributed by atoms with Crippen molar-refractivity contribution in [2.24, 2.45) is 29.2 Å². The number of nitrogens with zero attached hydrogens (tertiary/aromatic N) is 16. The third-order valence-corrected chi connectivity index (χ3v) is 21.8. The number of hydroxylamine groups is 1. The Morgan fingerprint density at radius 1 is 0.545 bits per heavy atom. The second kappa shape index (κ2) is 40.7. The van der Waals surface area contributed by atoms with Gasteiger partial charge in [0.1, 0.15) is 64.9 Å². The van der Waals surface area contributed by atoms with Crippen LogP contribution in [0.5, 0.6) is 0 Å². The van der Waals surface area contributed by atoms with Crippen molar-refractivity contribution in [3.05, 3.63) is 210 Å². The number of aromatic nitrogens is 13. The fraction of sp³-hybridized carbons (Fsp3) is 0.354. The summed E-state index contributed by atoms with van der Waals surface area (Å²) >= 11 is 15.2. The maximum Gasteiger partial charge on any atom is 0.496 e. The number of esters is 5. The van der Waals surface area contributed by atoms with Gasteiger partial charge in [0.25, 0.3) is 6.67 Å². The minimum absolute atomic E-state index is 0.159. The summed E-state index contributed by atoms with van der Waals surface area (Å²) in [5, 5.41) is 28.7. The second-order valence-electron chi connectivity index (χ2n) is 30.2. The first-order chi connectivity index (χ1) is 57.9. The van der Waals surface area contributed by atoms with Crippen molar-refractivity contribution in [2.75, 3.05) is 48.0 Å². The number of halogens is 6. The lowest BCUT2D eigenvalue weighted by Crippen LogP contribution is -2.41. The number of methoxy groups -OCH3 is 5. The van der Waals surface area contributed by atoms with E-state index < -0.39 is 62.2 Å². The molecule has 0 aliphatic carbocycles. The third kappa shape index (κ3) is 23.4. The number of carbonyl (C=O) groups is 5. The van der Waals surface area contributed by atoms with Gasteiger partial charge in [-0.3, -0.25) is 20.1 Å². The minimum Gasteiger partial charge on any atom is -0.465 e. The Labute approximate surface area is 737 Å². The van der Waals surface area contributed by atoms with Crippen LogP contribution < -0.4 is 26.5 Å². The highest BCUT2D eigenvalue weighted by molar-refractivity contribution is 9.11. The summed E-state index contributed by atoms with van der Waals surface area (Å²) in [7, 11) is 8.64. The number of fused-ring (bicyclic) bond motifs is 3. The molecule has 35 nitrogen and oxygen atoms in total. The fourth-order valence-corrected chi connectivity index (χ4v) is 12.9. The minimum atomic E-state index is -0.581. The summed E-state index contributed by atoms with van der Waals surface area (Å²) in [6.45, 7) is 24.5. The van der Waals surface area contributed by atoms with Gasteiger partial charge < -0.3 is 57.3 Å². The zero-order chi connectivity index (χ0) is 90.4. The van der Waals surface area contributed by atoms with Gasteiger partial charge in [-0.2, -0.15) is 20.4 Å². The molecule has 0 spiro atoms. The molecule has 648 valence electrons. The van der Waals surface area contributed by atoms with E-state index in [0.29, 0.717) is 72.1 Å². The first kappa shape index (κ1) is 96.1. The van der Waals surface area contributed by atoms with Gasteiger partial charge in [0, 0.05) is 88.8 Å². The number of hydrogen-bond donors (Lipinski definition) is 3. The quantitative estimate of drug-likeness (QED) is 0.0133. The molecular formula is C79H90B3Br3ClF2N18O17+. The number of aliphatic imine (C=N–C) groups is 1. The standard InChI is InChI=1S/C19H16FN5O2.C14H18BN3O4.C12H24B2O4.C11H10ClFN2.C8H8BrN3O3.C8H7BrN3O2.C7H7BrN2O2/c1-24-10-15(8-22-24)13-3-4-14(17(20)7-13)5-12-6-16(19(26)27-2)18-21-11-23-25(18)9-12;1-13(2)14(3,4)22-15(21-13)9-6-10(12(19)20-5)11-16-8-17-18(11)7-9;1-9(2)10(3,4)16-13(15-9)14-17-11(5,6)12(7,8)18-14;1-15-7-10(6-14-15)8-2-3-9(5-12)11(13)4-8;1-15-8(13)6-2-5(9)3-10-7(6)11-4-12-14;1-14-8(13)6-2-5(9)3-12-7(6)10-4-11-12;1-12-7(11)5-2-4(8)3-10-6(5)9/h3-4,6-11H,5H2,1-2H3;6-8H,1-5H3;1-8H3;2-4,6-7H,5H2,1H3;2-4,14H,1H3,(H,10,11,12);2-3H,4H2,1H3;2-3H,1H3,(H2,9,10)/q;;;;;+1;. The maximum absolute atomic E-state index is 14.7. The Kier molecular flexibility index (Phi) is 31.8. The molecule has 0 bridgehead atoms. The first-order valence-electron chi connectivity index (χ1n) is 37.3. The van der Waals surface area contributed by atoms with Gasteiger partial charge in [0.05, 0.1) is 91.9 Å². The van der Waals surface area contributed by atoms with Crippen LogP contribution in [-0.4, -0.2) is 197 Å². The van der Waals surface area contributed by atoms with Gasteiger partial charge in [-0.1, -0.05) is 34.4 Å². The highest BCUT2D eigenvalue weighted by atomic mass is 79.9. The summed E-state index contributed by atoms with van der Waals surface area (Å²) in [6, 6.07) is 18.2. The Morgan fingerprint density at radius 3 is 1.44 bits per heavy atom. The Hall–Kier alpha value is -10.7. The SMILES string of the molecule is CC1(C)OB(B2OC(C)(C)C(C)(C)O2)OC1(C)C.COC(=O)c1cc(B2OC(C)(C)C(C)(C)O2)cn2ncnc12.COC(=O)c1cc(Br)c[n+]2c1=NCN=2.COC(=O)c1cc(Br)cnc1N.COC(=O)c1cc(Br)cnc1N=CNO.COC(=O)c1cc(Cc2ccc(-c3cnn(C)c3)cc2F)cn2ncnc12.Cn1cc(-c2ccc(CCl)c(F)c2)cn1. The van der Waals surface area contributed by atoms with Gasteiger partial charge in [0.2, 0.25) is 0 Å². The van der Waals surface area contributed by atoms with E-state index in [0.717, 1.165) is 38.6 Å². The van der Waals surface area contributed by atoms with E-state index in [9.17, 15) is 32.8 Å². The van der Waals surface area contributed by atoms with Gasteiger partial charge in [-0.25, -0.2) is 66.7 Å². The van der Waals surface area contributed by atoms with Crippen LogP contribution in [-0.2, 0) is 78.0 Å². The molecule has 0 radical (unpaired) electrons. The Bertz CT molecular complexity index is 5780. The number of aryl methyl sites for hydroxylation is 2. The Balaban J connectivity index is 0.000000166. The van der Waals surface area contributed by atoms with Crippen LogP contribution in [0.2, 0.25) is 0 Å². The molecule has 44 heteroatoms. The smallest absolute Gasteiger partial charge is 0.465 e. The van der Waals surface area contributed by atoms with Gasteiger partial charge >= 0.3 is 56.5 Å². The van der Waals surface area contributed by atoms with Crippen LogP contribution in [0.1, 0.15) is 152 Å². The van der Waals surface area contributed by atoms with E-state index in [2.05, 4.69) is 117 Å². The first-order valence-corrected chi connectivity index (χ1v) is 40.2. The normalized spacial score (nSPS) is 15.5. The largest absolute Gasteiger partial charge is 0.496 e. The zero-order valence-corrected chi connectivity index (χ0v) is 76.1. The van der Waals surface area contributed by atoms with Crippen molar-refractivity contribution in [1.82, 2.24) is 64.2 Å². The van der Waals surface area contributed by atoms with Crippen molar-refractivity contribution >= 4 is 145 Å². The number of ether oxygens (including phenoxy) is 5. The van der Waals surface area contributed by atoms with Gasteiger partial charge in [-0.05, 0) is 196 Å². The van der Waals surface area contributed by atoms with Crippen LogP contribution >= 0.6 is 59.4 Å². The molecular weight excluding hydrogens is 1820 g/mol. The molecule has 123 heavy (non-hydrogen) atoms. The van der Waals surface area contributed by atoms with Crippen LogP contribution in [0.15, 0.2) is 164 Å². The average molecular weight is 1910 g/mol. The highest BCUT2D eigenvalue weighted by Gasteiger charge is 2.64. The number of pyridine rings is 5. The Morgan fingerprint density at radius 2 is 0.976 bits per heavy atom. The molecule has 4 aliphatic rings. The molecule has 15 rings (SSSR count). The molecule has 4 aliphatic heterocycles. The molecule has 3 fully saturated rings. The van der Waals surface area contributed by atoms with Gasteiger partial charge in [-0.15, -0.1) is 16.0 Å². The number of hydrogen-bond acceptors (Lipinski definition) is 29. The lowest BCUT2D eigenvalue weighted by Gasteiger charge is -2.32. The predicted molar refractivity (Wildman–Crippen MR) is 460 cm³/mol. The van der Waals surface area contributed by atoms with Crippen molar-refractivity contribution < 1.29 is 93.9 Å². The summed E-state index contributed by atoms with van der Waals surface area (Å²) in [5.41, 5.74) is 13.5. The number of nitrogens with one attached hydrogen (secondary N) is 1. The molecule has 4 N–H and O–H groups in total. The monoisotopic (exact) mass is 1910 g/mol. The van der Waals surface area contributed by atoms with E-state index in [-0.39, 0.29) is 62.7 Å². The molecule has 11 aromatic rings. The summed E-state index contributed by atoms with van der Waals surface area (Å²) in [6.07, 6.45) is 19.3. The number of benzene rings is 2. The lowest BCUT2D eigenvalue weighted by atomic mass is 9.49. The highest BCUT2D eigenvalue weighted by Crippen LogP contribution is 2.43. The van der Waals surface area contributed by atoms with E-state index >= 15 is 0 Å². The second-order valence-corrected chi connectivity index (χ2v) is 33.2. The van der Waals surface area contributed by atoms with Crippen molar-refractivity contribution in [3.8, 4) is 22.3 Å². The van der Waals surface area contributed by atoms with E-state index in [1.54, 1.807) is 86.6 Å². The summed E-state index contributed by atoms with van der Waals surface area (Å²) in [5.74, 6) is -2.50. The van der Waals surface area contributed by atoms with Crippen LogP contribution in [0.25, 0.3) is 33.5 Å². The van der Waals surface area contributed by atoms with Crippen LogP contribution in [0.3, 0.4) is 0 Å². The predicted octanol–water partition coefficient (Wildman–Crippen LogP) is 11.3. The molecule has 0 unspecified atom stereocenters. The molecule has 9 aromatic heterocycles. The zero-order valence-electron chi connectivity index (χ0n) is 70.6. The van der Waals surface area contributed by atoms with Gasteiger partial charge in [0.15, 0.2) is 22.7 Å². The van der Waals surface area contributed by atoms with E-state index in [1.165, 1.54) is 87.8 Å². The molecule has 0 saturated carbocycles. The molecule has 2 aromatic carbocycles. The number of anilines is 1. The summed E-state index contributed by atoms with van der Waals surface area (Å²) < 4.78 is 97.3. The molecule has 13 heterocycles. The maximum atomic E-state index is 14.7. The summed E-state index contributed by atoms with van der Waals surface area (Å²) in [4.78, 5) is 81.3. The fourth-order valence-electron chi connectivity index (χ4n) is 11.6. The number of alkyl halides is 1. The number of nitrogen functional groups attached to an aromatic ring is 1. The van der Waals surface area contributed by atoms with Crippen LogP contribution in [0.4, 0.5) is 20.4 Å². The average Bonchev–Trinajstić information content (AvgIpc) is 1.60. The van der Waals surface area contributed by atoms with E-state index in [1.807, 2.05) is 122 Å². The molecule has 0 amide bonds. The topological polar surface area (TPSA) is 410 Å². The van der Waals surface area contributed by atoms with E-state index in [4.69, 9.17) is 59.9 Å². The number of rotatable bonds is 14. The van der Waals surface area contributed by atoms with Crippen LogP contribution in [0, 0.1) is 11.6 Å². The number of carbonyl (C=O) groups excluding carboxylic acids is 5. The molecule has 0 atom stereocenters. The third-order valence-electron chi connectivity index (χ3n) is 20.3. The number of nitrogens with two attached hydrogens (primary N) is 1. The van der Waals surface area contributed by atoms with Crippen molar-refractivity contribution in [1.29, 1.82) is 0 Å². The lowest BCUT2D eigenvalue weighted by molar-refractivity contribution is -0.559. The van der Waals surface area contributed by atoms with Crippen molar-refractivity contribution in [2.45, 2.75) is 129 Å². The van der Waals surface area contributed by atoms with Crippen molar-refractivity contribution in [3.63, 3.8) is 0 Å². The molecule has 3 saturated heterocycles.